The van der Waals surface area contributed by atoms with Gasteiger partial charge in [-0.05, 0) is 12.0 Å². The smallest absolute Gasteiger partial charge is 0.239 e. The molecular weight excluding hydrogens is 246 g/mol. The van der Waals surface area contributed by atoms with Crippen LogP contribution in [0.4, 0.5) is 0 Å². The first-order chi connectivity index (χ1) is 8.79. The number of carbonyl (C=O) groups is 1. The van der Waals surface area contributed by atoms with Gasteiger partial charge < -0.3 is 5.32 Å². The van der Waals surface area contributed by atoms with Gasteiger partial charge in [-0.1, -0.05) is 55.4 Å². The summed E-state index contributed by atoms with van der Waals surface area (Å²) < 4.78 is 0. The SMILES string of the molecule is CCC[C@@H]1SC(=NN=Cc2ccccc2)NC1=O. The number of thioether (sulfide) groups is 1. The molecule has 1 aliphatic heterocycles. The van der Waals surface area contributed by atoms with E-state index in [-0.39, 0.29) is 11.2 Å². The standard InChI is InChI=1S/C13H15N3OS/c1-2-6-11-12(17)15-13(18-11)16-14-9-10-7-4-3-5-8-10/h3-5,7-9,11H,2,6H2,1H3,(H,15,16,17)/t11-/m0/s1. The summed E-state index contributed by atoms with van der Waals surface area (Å²) in [6.45, 7) is 2.07. The molecule has 1 aliphatic rings. The van der Waals surface area contributed by atoms with Crippen LogP contribution in [0.2, 0.25) is 0 Å². The van der Waals surface area contributed by atoms with Gasteiger partial charge in [0.05, 0.1) is 11.5 Å². The lowest BCUT2D eigenvalue weighted by Crippen LogP contribution is -2.24. The van der Waals surface area contributed by atoms with E-state index >= 15 is 0 Å². The second-order valence-electron chi connectivity index (χ2n) is 3.94. The minimum absolute atomic E-state index is 0.0133. The van der Waals surface area contributed by atoms with Crippen molar-refractivity contribution in [3.63, 3.8) is 0 Å². The minimum Gasteiger partial charge on any atom is -0.303 e. The fraction of sp³-hybridized carbons (Fsp3) is 0.308. The van der Waals surface area contributed by atoms with Crippen LogP contribution in [0, 0.1) is 0 Å². The number of hydrogen-bond donors (Lipinski definition) is 1. The molecule has 1 atom stereocenters. The first kappa shape index (κ1) is 12.8. The van der Waals surface area contributed by atoms with E-state index in [4.69, 9.17) is 0 Å². The molecule has 1 amide bonds. The number of amides is 1. The summed E-state index contributed by atoms with van der Waals surface area (Å²) in [6, 6.07) is 9.73. The molecule has 1 aromatic carbocycles. The zero-order valence-corrected chi connectivity index (χ0v) is 11.0. The summed E-state index contributed by atoms with van der Waals surface area (Å²) in [4.78, 5) is 11.5. The Morgan fingerprint density at radius 3 is 2.89 bits per heavy atom. The molecule has 2 rings (SSSR count). The third kappa shape index (κ3) is 3.43. The predicted octanol–water partition coefficient (Wildman–Crippen LogP) is 2.41. The molecule has 1 fully saturated rings. The molecule has 0 unspecified atom stereocenters. The van der Waals surface area contributed by atoms with E-state index < -0.39 is 0 Å². The molecule has 0 bridgehead atoms. The maximum Gasteiger partial charge on any atom is 0.239 e. The molecule has 94 valence electrons. The number of nitrogens with zero attached hydrogens (tertiary/aromatic N) is 2. The Labute approximate surface area is 111 Å². The van der Waals surface area contributed by atoms with Gasteiger partial charge in [0.2, 0.25) is 5.91 Å². The molecule has 1 heterocycles. The molecule has 5 heteroatoms. The number of amidine groups is 1. The van der Waals surface area contributed by atoms with Crippen LogP contribution in [0.5, 0.6) is 0 Å². The van der Waals surface area contributed by atoms with Crippen molar-refractivity contribution in [2.24, 2.45) is 10.2 Å². The summed E-state index contributed by atoms with van der Waals surface area (Å²) in [7, 11) is 0. The maximum atomic E-state index is 11.5. The van der Waals surface area contributed by atoms with Gasteiger partial charge in [-0.3, -0.25) is 4.79 Å². The Kier molecular flexibility index (Phi) is 4.52. The van der Waals surface area contributed by atoms with Crippen LogP contribution in [-0.2, 0) is 4.79 Å². The molecule has 0 saturated carbocycles. The summed E-state index contributed by atoms with van der Waals surface area (Å²) in [5.41, 5.74) is 0.987. The molecule has 4 nitrogen and oxygen atoms in total. The molecule has 18 heavy (non-hydrogen) atoms. The summed E-state index contributed by atoms with van der Waals surface area (Å²) in [5, 5.41) is 11.3. The molecule has 1 saturated heterocycles. The van der Waals surface area contributed by atoms with Gasteiger partial charge in [0.1, 0.15) is 0 Å². The van der Waals surface area contributed by atoms with Crippen LogP contribution in [0.25, 0.3) is 0 Å². The van der Waals surface area contributed by atoms with Crippen LogP contribution < -0.4 is 5.32 Å². The van der Waals surface area contributed by atoms with Crippen LogP contribution in [0.3, 0.4) is 0 Å². The third-order valence-corrected chi connectivity index (χ3v) is 3.62. The molecule has 0 spiro atoms. The van der Waals surface area contributed by atoms with E-state index in [1.54, 1.807) is 6.21 Å². The highest BCUT2D eigenvalue weighted by Crippen LogP contribution is 2.23. The zero-order chi connectivity index (χ0) is 12.8. The normalized spacial score (nSPS) is 21.7. The van der Waals surface area contributed by atoms with Gasteiger partial charge in [0, 0.05) is 0 Å². The lowest BCUT2D eigenvalue weighted by Gasteiger charge is -1.99. The van der Waals surface area contributed by atoms with E-state index in [0.29, 0.717) is 5.17 Å². The first-order valence-corrected chi connectivity index (χ1v) is 6.81. The number of benzene rings is 1. The van der Waals surface area contributed by atoms with Gasteiger partial charge >= 0.3 is 0 Å². The van der Waals surface area contributed by atoms with Gasteiger partial charge in [-0.15, -0.1) is 5.10 Å². The Morgan fingerprint density at radius 1 is 1.39 bits per heavy atom. The van der Waals surface area contributed by atoms with Crippen molar-refractivity contribution in [2.45, 2.75) is 25.0 Å². The molecule has 1 aromatic rings. The summed E-state index contributed by atoms with van der Waals surface area (Å²) >= 11 is 1.45. The Morgan fingerprint density at radius 2 is 2.17 bits per heavy atom. The van der Waals surface area contributed by atoms with Crippen molar-refractivity contribution in [1.82, 2.24) is 5.32 Å². The van der Waals surface area contributed by atoms with Crippen LogP contribution >= 0.6 is 11.8 Å². The fourth-order valence-corrected chi connectivity index (χ4v) is 2.63. The van der Waals surface area contributed by atoms with Crippen LogP contribution in [0.1, 0.15) is 25.3 Å². The van der Waals surface area contributed by atoms with E-state index in [9.17, 15) is 4.79 Å². The Hall–Kier alpha value is -1.62. The maximum absolute atomic E-state index is 11.5. The van der Waals surface area contributed by atoms with E-state index in [0.717, 1.165) is 18.4 Å². The number of carbonyl (C=O) groups excluding carboxylic acids is 1. The zero-order valence-electron chi connectivity index (χ0n) is 10.2. The van der Waals surface area contributed by atoms with Crippen molar-refractivity contribution >= 4 is 29.1 Å². The third-order valence-electron chi connectivity index (χ3n) is 2.48. The van der Waals surface area contributed by atoms with Crippen LogP contribution in [-0.4, -0.2) is 22.5 Å². The molecular formula is C13H15N3OS. The number of hydrogen-bond acceptors (Lipinski definition) is 4. The number of nitrogens with one attached hydrogen (secondary N) is 1. The highest BCUT2D eigenvalue weighted by atomic mass is 32.2. The summed E-state index contributed by atoms with van der Waals surface area (Å²) in [5.74, 6) is 0.0375. The lowest BCUT2D eigenvalue weighted by molar-refractivity contribution is -0.118. The number of rotatable bonds is 4. The fourth-order valence-electron chi connectivity index (χ4n) is 1.59. The van der Waals surface area contributed by atoms with Crippen molar-refractivity contribution < 1.29 is 4.79 Å². The van der Waals surface area contributed by atoms with E-state index in [2.05, 4.69) is 22.4 Å². The van der Waals surface area contributed by atoms with Gasteiger partial charge in [0.25, 0.3) is 0 Å². The summed E-state index contributed by atoms with van der Waals surface area (Å²) in [6.07, 6.45) is 3.54. The second kappa shape index (κ2) is 6.35. The topological polar surface area (TPSA) is 53.8 Å². The average molecular weight is 261 g/mol. The monoisotopic (exact) mass is 261 g/mol. The van der Waals surface area contributed by atoms with Crippen molar-refractivity contribution in [2.75, 3.05) is 0 Å². The average Bonchev–Trinajstić information content (AvgIpc) is 2.72. The Balaban J connectivity index is 1.95. The lowest BCUT2D eigenvalue weighted by atomic mass is 10.2. The van der Waals surface area contributed by atoms with Crippen LogP contribution in [0.15, 0.2) is 40.5 Å². The van der Waals surface area contributed by atoms with Crippen molar-refractivity contribution in [3.8, 4) is 0 Å². The van der Waals surface area contributed by atoms with Gasteiger partial charge in [-0.25, -0.2) is 0 Å². The Bertz CT molecular complexity index is 470. The quantitative estimate of drug-likeness (QED) is 0.668. The van der Waals surface area contributed by atoms with E-state index in [1.807, 2.05) is 30.3 Å². The molecule has 1 N–H and O–H groups in total. The van der Waals surface area contributed by atoms with E-state index in [1.165, 1.54) is 11.8 Å². The largest absolute Gasteiger partial charge is 0.303 e. The predicted molar refractivity (Wildman–Crippen MR) is 75.9 cm³/mol. The minimum atomic E-state index is -0.0133. The second-order valence-corrected chi connectivity index (χ2v) is 5.14. The highest BCUT2D eigenvalue weighted by molar-refractivity contribution is 8.15. The molecule has 0 aromatic heterocycles. The van der Waals surface area contributed by atoms with Gasteiger partial charge in [-0.2, -0.15) is 5.10 Å². The first-order valence-electron chi connectivity index (χ1n) is 5.93. The molecule has 0 aliphatic carbocycles. The molecule has 0 radical (unpaired) electrons. The van der Waals surface area contributed by atoms with Crippen molar-refractivity contribution in [3.05, 3.63) is 35.9 Å². The van der Waals surface area contributed by atoms with Crippen molar-refractivity contribution in [1.29, 1.82) is 0 Å². The highest BCUT2D eigenvalue weighted by Gasteiger charge is 2.29. The van der Waals surface area contributed by atoms with Gasteiger partial charge in [0.15, 0.2) is 5.17 Å².